The van der Waals surface area contributed by atoms with Crippen molar-refractivity contribution in [3.05, 3.63) is 55.6 Å². The van der Waals surface area contributed by atoms with E-state index in [4.69, 9.17) is 0 Å². The van der Waals surface area contributed by atoms with Crippen LogP contribution < -0.4 is 14.1 Å². The molecule has 0 radical (unpaired) electrons. The smallest absolute Gasteiger partial charge is 0.247 e. The molecular weight excluding hydrogens is 346 g/mol. The Morgan fingerprint density at radius 2 is 1.81 bits per heavy atom. The van der Waals surface area contributed by atoms with Crippen LogP contribution in [-0.2, 0) is 0 Å². The third kappa shape index (κ3) is 2.15. The van der Waals surface area contributed by atoms with E-state index in [1.165, 1.54) is 0 Å². The number of fused-ring (bicyclic) bond motifs is 3. The quantitative estimate of drug-likeness (QED) is 0.352. The first-order valence-electron chi connectivity index (χ1n) is 8.18. The van der Waals surface area contributed by atoms with Crippen molar-refractivity contribution in [2.24, 2.45) is 0 Å². The van der Waals surface area contributed by atoms with Crippen molar-refractivity contribution >= 4 is 33.2 Å². The number of pyridine rings is 1. The summed E-state index contributed by atoms with van der Waals surface area (Å²) in [6.07, 6.45) is 12.5. The fraction of sp³-hybridized carbons (Fsp3) is 0. The summed E-state index contributed by atoms with van der Waals surface area (Å²) in [6, 6.07) is 3.86. The van der Waals surface area contributed by atoms with Crippen LogP contribution in [0.1, 0.15) is 0 Å². The lowest BCUT2D eigenvalue weighted by Crippen LogP contribution is -2.67. The molecule has 6 rings (SSSR count). The van der Waals surface area contributed by atoms with Crippen molar-refractivity contribution in [2.45, 2.75) is 0 Å². The van der Waals surface area contributed by atoms with Gasteiger partial charge < -0.3 is 0 Å². The zero-order valence-electron chi connectivity index (χ0n) is 13.8. The molecule has 0 aromatic carbocycles. The van der Waals surface area contributed by atoms with Crippen LogP contribution in [0.4, 0.5) is 0 Å². The number of nitrogens with zero attached hydrogens (tertiary/aromatic N) is 8. The predicted molar refractivity (Wildman–Crippen MR) is 90.1 cm³/mol. The minimum Gasteiger partial charge on any atom is -0.247 e. The lowest BCUT2D eigenvalue weighted by molar-refractivity contribution is -1.32. The summed E-state index contributed by atoms with van der Waals surface area (Å²) in [5.41, 5.74) is 4.79. The van der Waals surface area contributed by atoms with Gasteiger partial charge in [-0.2, -0.15) is 5.10 Å². The van der Waals surface area contributed by atoms with Crippen molar-refractivity contribution < 1.29 is 14.1 Å². The third-order valence-corrected chi connectivity index (χ3v) is 4.30. The van der Waals surface area contributed by atoms with E-state index in [1.807, 2.05) is 40.2 Å². The highest BCUT2D eigenvalue weighted by Crippen LogP contribution is 2.07. The first-order valence-corrected chi connectivity index (χ1v) is 8.18. The Labute approximate surface area is 149 Å². The van der Waals surface area contributed by atoms with Gasteiger partial charge in [0.1, 0.15) is 11.0 Å². The fourth-order valence-corrected chi connectivity index (χ4v) is 2.98. The highest BCUT2D eigenvalue weighted by molar-refractivity contribution is 5.71. The van der Waals surface area contributed by atoms with E-state index in [-0.39, 0.29) is 0 Å². The van der Waals surface area contributed by atoms with Gasteiger partial charge in [0.25, 0.3) is 18.2 Å². The average molecular weight is 358 g/mol. The van der Waals surface area contributed by atoms with Crippen LogP contribution in [0.15, 0.2) is 55.6 Å². The van der Waals surface area contributed by atoms with Crippen molar-refractivity contribution in [1.29, 1.82) is 0 Å². The first-order chi connectivity index (χ1) is 13.3. The minimum atomic E-state index is 0.628. The van der Waals surface area contributed by atoms with E-state index in [2.05, 4.69) is 40.3 Å². The zero-order valence-corrected chi connectivity index (χ0v) is 13.8. The van der Waals surface area contributed by atoms with E-state index < -0.39 is 0 Å². The lowest BCUT2D eigenvalue weighted by atomic mass is 10.4. The minimum absolute atomic E-state index is 0.628. The molecule has 0 fully saturated rings. The topological polar surface area (TPSA) is 123 Å². The molecule has 6 aromatic heterocycles. The predicted octanol–water partition coefficient (Wildman–Crippen LogP) is -0.731. The van der Waals surface area contributed by atoms with Gasteiger partial charge in [-0.15, -0.1) is 4.68 Å². The highest BCUT2D eigenvalue weighted by atomic mass is 15.6. The molecule has 0 aliphatic heterocycles. The van der Waals surface area contributed by atoms with Crippen LogP contribution in [0.3, 0.4) is 0 Å². The molecule has 0 aliphatic carbocycles. The monoisotopic (exact) mass is 358 g/mol. The van der Waals surface area contributed by atoms with Gasteiger partial charge in [0.2, 0.25) is 5.52 Å². The van der Waals surface area contributed by atoms with Crippen molar-refractivity contribution in [2.75, 3.05) is 0 Å². The number of H-pyrrole nitrogens is 3. The molecule has 6 heterocycles. The summed E-state index contributed by atoms with van der Waals surface area (Å²) in [6.45, 7) is 0. The van der Waals surface area contributed by atoms with Gasteiger partial charge in [-0.3, -0.25) is 0 Å². The van der Waals surface area contributed by atoms with Crippen LogP contribution in [0.25, 0.3) is 39.0 Å². The molecule has 128 valence electrons. The number of nitrogens with one attached hydrogen (secondary N) is 3. The second-order valence-corrected chi connectivity index (χ2v) is 6.02. The van der Waals surface area contributed by atoms with Crippen LogP contribution in [0, 0.1) is 0 Å². The van der Waals surface area contributed by atoms with E-state index in [0.29, 0.717) is 11.5 Å². The Balaban J connectivity index is 1.46. The molecule has 0 atom stereocenters. The second-order valence-electron chi connectivity index (χ2n) is 6.02. The van der Waals surface area contributed by atoms with Crippen LogP contribution >= 0.6 is 0 Å². The molecule has 0 aliphatic rings. The van der Waals surface area contributed by atoms with Gasteiger partial charge in [0.05, 0.1) is 6.20 Å². The van der Waals surface area contributed by atoms with Gasteiger partial charge in [-0.05, 0) is 17.1 Å². The van der Waals surface area contributed by atoms with Crippen LogP contribution in [-0.4, -0.2) is 40.3 Å². The maximum absolute atomic E-state index is 4.51. The Bertz CT molecular complexity index is 1410. The maximum Gasteiger partial charge on any atom is 0.367 e. The van der Waals surface area contributed by atoms with Gasteiger partial charge in [0, 0.05) is 10.9 Å². The molecule has 11 nitrogen and oxygen atoms in total. The molecule has 3 N–H and O–H groups in total. The summed E-state index contributed by atoms with van der Waals surface area (Å²) in [5, 5.41) is 13.3. The maximum atomic E-state index is 4.51. The summed E-state index contributed by atoms with van der Waals surface area (Å²) in [5.74, 6) is 0.638. The molecule has 0 unspecified atom stereocenters. The highest BCUT2D eigenvalue weighted by Gasteiger charge is 2.21. The number of aromatic nitrogens is 11. The summed E-state index contributed by atoms with van der Waals surface area (Å²) in [7, 11) is 0. The van der Waals surface area contributed by atoms with E-state index in [0.717, 1.165) is 27.6 Å². The number of hydrogen-bond acceptors (Lipinski definition) is 5. The van der Waals surface area contributed by atoms with Crippen molar-refractivity contribution in [3.63, 3.8) is 0 Å². The zero-order chi connectivity index (χ0) is 17.8. The molecular formula is C16H12N11+3. The molecule has 0 spiro atoms. The van der Waals surface area contributed by atoms with E-state index in [1.54, 1.807) is 29.6 Å². The fourth-order valence-electron chi connectivity index (χ4n) is 2.98. The van der Waals surface area contributed by atoms with Crippen LogP contribution in [0.2, 0.25) is 0 Å². The van der Waals surface area contributed by atoms with Gasteiger partial charge in [-0.25, -0.2) is 20.2 Å². The SMILES string of the molecule is c1cnc2c[n+](-[n+]3cnc4c[n+](-c5cnc6cn[nH]c6n5)[nH]c4c3)[nH]c2c1. The molecule has 0 saturated carbocycles. The summed E-state index contributed by atoms with van der Waals surface area (Å²) >= 11 is 0. The largest absolute Gasteiger partial charge is 0.367 e. The number of rotatable bonds is 2. The second kappa shape index (κ2) is 5.11. The Hall–Kier alpha value is -4.28. The summed E-state index contributed by atoms with van der Waals surface area (Å²) < 4.78 is 3.60. The van der Waals surface area contributed by atoms with Gasteiger partial charge in [0.15, 0.2) is 34.5 Å². The van der Waals surface area contributed by atoms with Crippen LogP contribution in [0.5, 0.6) is 0 Å². The van der Waals surface area contributed by atoms with E-state index in [9.17, 15) is 0 Å². The molecule has 27 heavy (non-hydrogen) atoms. The Morgan fingerprint density at radius 3 is 2.78 bits per heavy atom. The lowest BCUT2D eigenvalue weighted by Gasteiger charge is -1.88. The molecule has 11 heteroatoms. The molecule has 0 amide bonds. The van der Waals surface area contributed by atoms with Gasteiger partial charge >= 0.3 is 5.82 Å². The molecule has 6 aromatic rings. The molecule has 0 bridgehead atoms. The van der Waals surface area contributed by atoms with Crippen molar-refractivity contribution in [3.8, 4) is 5.82 Å². The van der Waals surface area contributed by atoms with Gasteiger partial charge in [-0.1, -0.05) is 10.1 Å². The molecule has 0 saturated heterocycles. The Kier molecular flexibility index (Phi) is 2.64. The Morgan fingerprint density at radius 1 is 0.852 bits per heavy atom. The first kappa shape index (κ1) is 13.9. The van der Waals surface area contributed by atoms with E-state index >= 15 is 0 Å². The standard InChI is InChI=1S/C16H11N11/c1-2-10-13(17-3-1)8-27(24-10)25-6-14-12(19-9-25)7-26(23-14)15-5-18-11-4-20-22-16(11)21-15/h1-9H,(H2,17,18,19,20,21,22,23,24)/q+2/p+1. The number of hydrogen-bond donors (Lipinski definition) is 3. The third-order valence-electron chi connectivity index (χ3n) is 4.30. The van der Waals surface area contributed by atoms with Crippen molar-refractivity contribution in [1.82, 2.24) is 40.3 Å². The number of aromatic amines is 3. The average Bonchev–Trinajstić information content (AvgIpc) is 3.42. The normalized spacial score (nSPS) is 11.7. The summed E-state index contributed by atoms with van der Waals surface area (Å²) in [4.78, 5) is 19.5.